The van der Waals surface area contributed by atoms with Crippen molar-refractivity contribution in [2.24, 2.45) is 0 Å². The molecule has 0 aliphatic rings. The third-order valence-corrected chi connectivity index (χ3v) is 3.28. The smallest absolute Gasteiger partial charge is 0.295 e. The van der Waals surface area contributed by atoms with E-state index in [-0.39, 0.29) is 21.7 Å². The van der Waals surface area contributed by atoms with E-state index in [1.165, 1.54) is 18.2 Å². The molecular formula is C10H8NO6S-. The average Bonchev–Trinajstić information content (AvgIpc) is 2.25. The zero-order valence-electron chi connectivity index (χ0n) is 8.81. The lowest BCUT2D eigenvalue weighted by Crippen LogP contribution is -2.11. The van der Waals surface area contributed by atoms with Crippen LogP contribution in [0.15, 0.2) is 35.2 Å². The molecule has 0 saturated carbocycles. The molecule has 0 heterocycles. The van der Waals surface area contributed by atoms with Gasteiger partial charge in [0.15, 0.2) is 0 Å². The Balaban J connectivity index is 2.87. The van der Waals surface area contributed by atoms with E-state index in [4.69, 9.17) is 15.0 Å². The van der Waals surface area contributed by atoms with Gasteiger partial charge in [-0.25, -0.2) is 0 Å². The fraction of sp³-hybridized carbons (Fsp3) is 0. The summed E-state index contributed by atoms with van der Waals surface area (Å²) in [5, 5.41) is 29.1. The molecule has 0 saturated heterocycles. The van der Waals surface area contributed by atoms with Crippen molar-refractivity contribution in [3.8, 4) is 5.75 Å². The van der Waals surface area contributed by atoms with E-state index in [0.717, 1.165) is 12.1 Å². The number of benzene rings is 2. The topological polar surface area (TPSA) is 121 Å². The Morgan fingerprint density at radius 1 is 1.11 bits per heavy atom. The summed E-state index contributed by atoms with van der Waals surface area (Å²) < 4.78 is 31.4. The van der Waals surface area contributed by atoms with Gasteiger partial charge >= 0.3 is 0 Å². The van der Waals surface area contributed by atoms with Crippen LogP contribution >= 0.6 is 0 Å². The number of nitrogens with zero attached hydrogens (tertiary/aromatic N) is 1. The number of anilines is 1. The summed E-state index contributed by atoms with van der Waals surface area (Å²) in [7, 11) is -4.58. The lowest BCUT2D eigenvalue weighted by Gasteiger charge is -2.13. The number of hydrogen-bond donors (Lipinski definition) is 3. The minimum Gasteiger partial charge on any atom is -0.872 e. The fourth-order valence-electron chi connectivity index (χ4n) is 1.62. The predicted molar refractivity (Wildman–Crippen MR) is 59.3 cm³/mol. The van der Waals surface area contributed by atoms with E-state index >= 15 is 0 Å². The van der Waals surface area contributed by atoms with Crippen LogP contribution < -0.4 is 10.3 Å². The molecule has 7 nitrogen and oxygen atoms in total. The van der Waals surface area contributed by atoms with Gasteiger partial charge in [0.1, 0.15) is 4.90 Å². The van der Waals surface area contributed by atoms with Crippen LogP contribution in [-0.4, -0.2) is 23.4 Å². The first-order valence-corrected chi connectivity index (χ1v) is 6.13. The van der Waals surface area contributed by atoms with Crippen molar-refractivity contribution in [3.05, 3.63) is 30.3 Å². The lowest BCUT2D eigenvalue weighted by atomic mass is 10.1. The summed E-state index contributed by atoms with van der Waals surface area (Å²) in [6.07, 6.45) is 0. The second kappa shape index (κ2) is 4.10. The molecule has 0 aliphatic heterocycles. The maximum Gasteiger partial charge on any atom is 0.295 e. The first-order valence-electron chi connectivity index (χ1n) is 4.69. The monoisotopic (exact) mass is 270 g/mol. The summed E-state index contributed by atoms with van der Waals surface area (Å²) in [5.74, 6) is -0.576. The Bertz CT molecular complexity index is 710. The summed E-state index contributed by atoms with van der Waals surface area (Å²) in [5.41, 5.74) is -0.106. The van der Waals surface area contributed by atoms with Gasteiger partial charge in [0, 0.05) is 5.39 Å². The van der Waals surface area contributed by atoms with Gasteiger partial charge in [-0.3, -0.25) is 15.0 Å². The van der Waals surface area contributed by atoms with Gasteiger partial charge in [-0.05, 0) is 23.6 Å². The molecule has 18 heavy (non-hydrogen) atoms. The molecule has 0 atom stereocenters. The lowest BCUT2D eigenvalue weighted by molar-refractivity contribution is -0.268. The molecule has 0 unspecified atom stereocenters. The maximum atomic E-state index is 11.3. The van der Waals surface area contributed by atoms with E-state index in [1.54, 1.807) is 0 Å². The van der Waals surface area contributed by atoms with Gasteiger partial charge in [-0.15, -0.1) is 11.0 Å². The first-order chi connectivity index (χ1) is 8.29. The average molecular weight is 270 g/mol. The van der Waals surface area contributed by atoms with Gasteiger partial charge in [-0.1, -0.05) is 12.1 Å². The summed E-state index contributed by atoms with van der Waals surface area (Å²) >= 11 is 0. The molecule has 0 radical (unpaired) electrons. The minimum absolute atomic E-state index is 0.0164. The van der Waals surface area contributed by atoms with E-state index in [9.17, 15) is 13.5 Å². The first kappa shape index (κ1) is 12.6. The van der Waals surface area contributed by atoms with Crippen molar-refractivity contribution in [2.75, 3.05) is 5.23 Å². The largest absolute Gasteiger partial charge is 0.872 e. The molecule has 96 valence electrons. The van der Waals surface area contributed by atoms with Crippen molar-refractivity contribution in [3.63, 3.8) is 0 Å². The summed E-state index contributed by atoms with van der Waals surface area (Å²) in [4.78, 5) is -0.575. The zero-order valence-corrected chi connectivity index (χ0v) is 9.63. The molecule has 0 spiro atoms. The SMILES string of the molecule is O=S(=O)(O)c1cc([O-])cc2ccc(N(O)O)cc12. The van der Waals surface area contributed by atoms with Crippen LogP contribution in [0.2, 0.25) is 0 Å². The second-order valence-corrected chi connectivity index (χ2v) is 4.98. The molecule has 2 rings (SSSR count). The van der Waals surface area contributed by atoms with Crippen LogP contribution in [0.4, 0.5) is 5.69 Å². The van der Waals surface area contributed by atoms with Crippen molar-refractivity contribution in [2.45, 2.75) is 4.90 Å². The second-order valence-electron chi connectivity index (χ2n) is 3.59. The molecule has 2 aromatic carbocycles. The van der Waals surface area contributed by atoms with Crippen LogP contribution in [0.1, 0.15) is 0 Å². The van der Waals surface area contributed by atoms with Crippen LogP contribution in [0.5, 0.6) is 5.75 Å². The Hall–Kier alpha value is -1.87. The number of fused-ring (bicyclic) bond motifs is 1. The minimum atomic E-state index is -4.58. The standard InChI is InChI=1S/C10H9NO6S/c12-8-3-6-1-2-7(11(13)14)4-9(6)10(5-8)18(15,16)17/h1-5,12-14H,(H,15,16,17)/p-1. The van der Waals surface area contributed by atoms with E-state index in [1.807, 2.05) is 0 Å². The molecule has 0 bridgehead atoms. The van der Waals surface area contributed by atoms with Crippen molar-refractivity contribution >= 4 is 26.6 Å². The third-order valence-electron chi connectivity index (χ3n) is 2.38. The van der Waals surface area contributed by atoms with Crippen LogP contribution in [-0.2, 0) is 10.1 Å². The Kier molecular flexibility index (Phi) is 2.87. The van der Waals surface area contributed by atoms with E-state index < -0.39 is 20.8 Å². The zero-order chi connectivity index (χ0) is 13.5. The van der Waals surface area contributed by atoms with Crippen molar-refractivity contribution in [1.29, 1.82) is 0 Å². The van der Waals surface area contributed by atoms with Gasteiger partial charge in [0.2, 0.25) is 0 Å². The van der Waals surface area contributed by atoms with E-state index in [0.29, 0.717) is 0 Å². The summed E-state index contributed by atoms with van der Waals surface area (Å²) in [6.45, 7) is 0. The highest BCUT2D eigenvalue weighted by Crippen LogP contribution is 2.29. The molecule has 0 fully saturated rings. The third kappa shape index (κ3) is 2.22. The molecular weight excluding hydrogens is 262 g/mol. The number of hydrogen-bond acceptors (Lipinski definition) is 6. The van der Waals surface area contributed by atoms with Crippen LogP contribution in [0.25, 0.3) is 10.8 Å². The van der Waals surface area contributed by atoms with Gasteiger partial charge in [-0.2, -0.15) is 8.42 Å². The normalized spacial score (nSPS) is 11.7. The molecule has 2 aromatic rings. The molecule has 0 aromatic heterocycles. The van der Waals surface area contributed by atoms with Gasteiger partial charge in [0.25, 0.3) is 10.1 Å². The van der Waals surface area contributed by atoms with Crippen LogP contribution in [0.3, 0.4) is 0 Å². The summed E-state index contributed by atoms with van der Waals surface area (Å²) in [6, 6.07) is 5.67. The Morgan fingerprint density at radius 2 is 1.78 bits per heavy atom. The highest BCUT2D eigenvalue weighted by molar-refractivity contribution is 7.86. The van der Waals surface area contributed by atoms with Crippen molar-refractivity contribution in [1.82, 2.24) is 0 Å². The molecule has 8 heteroatoms. The highest BCUT2D eigenvalue weighted by atomic mass is 32.2. The molecule has 0 aliphatic carbocycles. The van der Waals surface area contributed by atoms with Crippen molar-refractivity contribution < 1.29 is 28.5 Å². The van der Waals surface area contributed by atoms with E-state index in [2.05, 4.69) is 0 Å². The van der Waals surface area contributed by atoms with Crippen LogP contribution in [0, 0.1) is 0 Å². The Labute approximate surface area is 102 Å². The molecule has 3 N–H and O–H groups in total. The highest BCUT2D eigenvalue weighted by Gasteiger charge is 2.15. The maximum absolute atomic E-state index is 11.3. The fourth-order valence-corrected chi connectivity index (χ4v) is 2.34. The number of rotatable bonds is 2. The Morgan fingerprint density at radius 3 is 2.33 bits per heavy atom. The molecule has 0 amide bonds. The van der Waals surface area contributed by atoms with Gasteiger partial charge in [0.05, 0.1) is 5.69 Å². The van der Waals surface area contributed by atoms with Gasteiger partial charge < -0.3 is 5.11 Å². The predicted octanol–water partition coefficient (Wildman–Crippen LogP) is 0.745. The quantitative estimate of drug-likeness (QED) is 0.543.